The number of hydrogen-bond acceptors (Lipinski definition) is 5. The van der Waals surface area contributed by atoms with Crippen molar-refractivity contribution >= 4 is 16.9 Å². The molecule has 0 aliphatic rings. The Morgan fingerprint density at radius 2 is 1.79 bits per heavy atom. The number of hydrogen-bond donors (Lipinski definition) is 0. The predicted molar refractivity (Wildman–Crippen MR) is 105 cm³/mol. The molecule has 0 atom stereocenters. The van der Waals surface area contributed by atoms with Crippen LogP contribution in [0.4, 0.5) is 0 Å². The molecule has 0 fully saturated rings. The van der Waals surface area contributed by atoms with Crippen LogP contribution in [-0.2, 0) is 23.2 Å². The van der Waals surface area contributed by atoms with Crippen molar-refractivity contribution < 1.29 is 19.1 Å². The second kappa shape index (κ2) is 7.50. The van der Waals surface area contributed by atoms with Crippen LogP contribution in [0, 0.1) is 6.92 Å². The lowest BCUT2D eigenvalue weighted by atomic mass is 9.87. The minimum absolute atomic E-state index is 0.0999. The van der Waals surface area contributed by atoms with Crippen LogP contribution in [0.3, 0.4) is 0 Å². The van der Waals surface area contributed by atoms with Crippen molar-refractivity contribution in [2.24, 2.45) is 0 Å². The number of carboxylic acid groups (broad SMARTS) is 1. The zero-order chi connectivity index (χ0) is 20.5. The molecule has 5 nitrogen and oxygen atoms in total. The van der Waals surface area contributed by atoms with Gasteiger partial charge in [0.05, 0.1) is 0 Å². The van der Waals surface area contributed by atoms with E-state index < -0.39 is 18.0 Å². The number of benzene rings is 2. The van der Waals surface area contributed by atoms with Crippen LogP contribution in [0.2, 0.25) is 0 Å². The van der Waals surface area contributed by atoms with Gasteiger partial charge in [-0.25, -0.2) is 4.79 Å². The van der Waals surface area contributed by atoms with Crippen LogP contribution < -0.4 is 15.5 Å². The highest BCUT2D eigenvalue weighted by atomic mass is 16.5. The molecule has 28 heavy (non-hydrogen) atoms. The van der Waals surface area contributed by atoms with Crippen molar-refractivity contribution in [2.75, 3.05) is 0 Å². The molecule has 0 radical (unpaired) electrons. The van der Waals surface area contributed by atoms with E-state index in [9.17, 15) is 14.7 Å². The molecule has 1 heterocycles. The molecule has 5 heteroatoms. The molecule has 0 aliphatic heterocycles. The molecule has 0 unspecified atom stereocenters. The van der Waals surface area contributed by atoms with Crippen LogP contribution >= 0.6 is 0 Å². The summed E-state index contributed by atoms with van der Waals surface area (Å²) in [6.07, 6.45) is -0.465. The highest BCUT2D eigenvalue weighted by Gasteiger charge is 2.14. The number of carbonyl (C=O) groups is 1. The van der Waals surface area contributed by atoms with Gasteiger partial charge in [0.25, 0.3) is 0 Å². The average Bonchev–Trinajstić information content (AvgIpc) is 2.62. The van der Waals surface area contributed by atoms with Crippen LogP contribution in [0.1, 0.15) is 43.0 Å². The summed E-state index contributed by atoms with van der Waals surface area (Å²) in [5.41, 5.74) is 2.79. The van der Waals surface area contributed by atoms with Gasteiger partial charge in [0, 0.05) is 29.4 Å². The van der Waals surface area contributed by atoms with Gasteiger partial charge in [0.2, 0.25) is 0 Å². The minimum atomic E-state index is -1.31. The van der Waals surface area contributed by atoms with Gasteiger partial charge in [-0.3, -0.25) is 0 Å². The first-order valence-corrected chi connectivity index (χ1v) is 9.13. The Balaban J connectivity index is 1.81. The third-order valence-electron chi connectivity index (χ3n) is 4.81. The first-order chi connectivity index (χ1) is 13.1. The summed E-state index contributed by atoms with van der Waals surface area (Å²) in [6, 6.07) is 13.5. The Morgan fingerprint density at radius 3 is 2.39 bits per heavy atom. The Labute approximate surface area is 163 Å². The van der Waals surface area contributed by atoms with E-state index in [0.717, 1.165) is 5.56 Å². The molecular formula is C23H23O5-. The number of aryl methyl sites for hydroxylation is 1. The average molecular weight is 379 g/mol. The van der Waals surface area contributed by atoms with Crippen molar-refractivity contribution in [3.8, 4) is 5.75 Å². The van der Waals surface area contributed by atoms with Crippen LogP contribution in [-0.4, -0.2) is 5.97 Å². The molecule has 3 aromatic rings. The van der Waals surface area contributed by atoms with Crippen LogP contribution in [0.15, 0.2) is 51.7 Å². The largest absolute Gasteiger partial charge is 0.550 e. The van der Waals surface area contributed by atoms with E-state index in [1.807, 2.05) is 12.1 Å². The molecule has 0 N–H and O–H groups in total. The van der Waals surface area contributed by atoms with Crippen molar-refractivity contribution in [2.45, 2.75) is 46.1 Å². The van der Waals surface area contributed by atoms with Gasteiger partial charge in [0.15, 0.2) is 0 Å². The van der Waals surface area contributed by atoms with Crippen molar-refractivity contribution in [3.05, 3.63) is 75.1 Å². The lowest BCUT2D eigenvalue weighted by Gasteiger charge is -2.19. The van der Waals surface area contributed by atoms with Crippen molar-refractivity contribution in [1.29, 1.82) is 0 Å². The number of aliphatic carboxylic acids is 1. The lowest BCUT2D eigenvalue weighted by molar-refractivity contribution is -0.304. The Bertz CT molecular complexity index is 1070. The summed E-state index contributed by atoms with van der Waals surface area (Å²) in [5.74, 6) is -0.741. The van der Waals surface area contributed by atoms with E-state index in [1.54, 1.807) is 25.1 Å². The Kier molecular flexibility index (Phi) is 5.27. The van der Waals surface area contributed by atoms with Gasteiger partial charge in [-0.15, -0.1) is 0 Å². The van der Waals surface area contributed by atoms with E-state index in [1.165, 1.54) is 5.56 Å². The highest BCUT2D eigenvalue weighted by molar-refractivity contribution is 5.83. The fourth-order valence-corrected chi connectivity index (χ4v) is 3.08. The van der Waals surface area contributed by atoms with Gasteiger partial charge >= 0.3 is 5.63 Å². The highest BCUT2D eigenvalue weighted by Crippen LogP contribution is 2.26. The summed E-state index contributed by atoms with van der Waals surface area (Å²) in [5, 5.41) is 11.5. The van der Waals surface area contributed by atoms with E-state index >= 15 is 0 Å². The zero-order valence-corrected chi connectivity index (χ0v) is 16.5. The molecule has 0 saturated heterocycles. The van der Waals surface area contributed by atoms with E-state index in [4.69, 9.17) is 9.15 Å². The van der Waals surface area contributed by atoms with Gasteiger partial charge in [0.1, 0.15) is 17.9 Å². The maximum Gasteiger partial charge on any atom is 0.340 e. The molecule has 0 aliphatic carbocycles. The number of ether oxygens (including phenoxy) is 1. The van der Waals surface area contributed by atoms with Gasteiger partial charge in [-0.2, -0.15) is 0 Å². The maximum atomic E-state index is 12.1. The topological polar surface area (TPSA) is 79.6 Å². The standard InChI is InChI=1S/C23H24O5/c1-14-18-10-9-17(11-20(18)28-22(26)19(14)12-21(24)25)27-13-15-5-7-16(8-6-15)23(2,3)4/h5-11H,12-13H2,1-4H3,(H,24,25)/p-1. The van der Waals surface area contributed by atoms with E-state index in [2.05, 4.69) is 32.9 Å². The fraction of sp³-hybridized carbons (Fsp3) is 0.304. The monoisotopic (exact) mass is 379 g/mol. The summed E-state index contributed by atoms with van der Waals surface area (Å²) < 4.78 is 11.1. The quantitative estimate of drug-likeness (QED) is 0.636. The summed E-state index contributed by atoms with van der Waals surface area (Å²) in [7, 11) is 0. The first kappa shape index (κ1) is 19.7. The normalized spacial score (nSPS) is 11.6. The molecule has 2 aromatic carbocycles. The number of carbonyl (C=O) groups excluding carboxylic acids is 1. The van der Waals surface area contributed by atoms with Gasteiger partial charge in [-0.05, 0) is 41.2 Å². The van der Waals surface area contributed by atoms with Gasteiger partial charge in [-0.1, -0.05) is 45.0 Å². The first-order valence-electron chi connectivity index (χ1n) is 9.13. The van der Waals surface area contributed by atoms with Crippen molar-refractivity contribution in [1.82, 2.24) is 0 Å². The molecule has 1 aromatic heterocycles. The molecular weight excluding hydrogens is 356 g/mol. The van der Waals surface area contributed by atoms with Crippen LogP contribution in [0.25, 0.3) is 11.0 Å². The molecule has 146 valence electrons. The maximum absolute atomic E-state index is 12.1. The van der Waals surface area contributed by atoms with E-state index in [-0.39, 0.29) is 11.0 Å². The van der Waals surface area contributed by atoms with Gasteiger partial charge < -0.3 is 19.1 Å². The Hall–Kier alpha value is -3.08. The fourth-order valence-electron chi connectivity index (χ4n) is 3.08. The van der Waals surface area contributed by atoms with Crippen molar-refractivity contribution in [3.63, 3.8) is 0 Å². The zero-order valence-electron chi connectivity index (χ0n) is 16.5. The lowest BCUT2D eigenvalue weighted by Crippen LogP contribution is -2.27. The number of rotatable bonds is 5. The predicted octanol–water partition coefficient (Wildman–Crippen LogP) is 3.27. The number of fused-ring (bicyclic) bond motifs is 1. The molecule has 3 rings (SSSR count). The molecule has 0 amide bonds. The summed E-state index contributed by atoms with van der Waals surface area (Å²) >= 11 is 0. The SMILES string of the molecule is Cc1c(CC(=O)[O-])c(=O)oc2cc(OCc3ccc(C(C)(C)C)cc3)ccc12. The van der Waals surface area contributed by atoms with Crippen LogP contribution in [0.5, 0.6) is 5.75 Å². The Morgan fingerprint density at radius 1 is 1.11 bits per heavy atom. The molecule has 0 bridgehead atoms. The second-order valence-corrected chi connectivity index (χ2v) is 7.94. The summed E-state index contributed by atoms with van der Waals surface area (Å²) in [4.78, 5) is 22.9. The number of carboxylic acids is 1. The van der Waals surface area contributed by atoms with E-state index in [0.29, 0.717) is 28.9 Å². The third kappa shape index (κ3) is 4.25. The molecule has 0 saturated carbocycles. The third-order valence-corrected chi connectivity index (χ3v) is 4.81. The smallest absolute Gasteiger partial charge is 0.340 e. The second-order valence-electron chi connectivity index (χ2n) is 7.94. The minimum Gasteiger partial charge on any atom is -0.550 e. The molecule has 0 spiro atoms. The summed E-state index contributed by atoms with van der Waals surface area (Å²) in [6.45, 7) is 8.60.